The van der Waals surface area contributed by atoms with Gasteiger partial charge in [0.25, 0.3) is 0 Å². The first-order chi connectivity index (χ1) is 7.25. The van der Waals surface area contributed by atoms with Crippen molar-refractivity contribution in [2.75, 3.05) is 20.1 Å². The molecule has 1 aliphatic rings. The summed E-state index contributed by atoms with van der Waals surface area (Å²) < 4.78 is 1.87. The van der Waals surface area contributed by atoms with E-state index in [0.717, 1.165) is 25.7 Å². The van der Waals surface area contributed by atoms with Crippen molar-refractivity contribution in [3.63, 3.8) is 0 Å². The van der Waals surface area contributed by atoms with Crippen LogP contribution in [0.25, 0.3) is 0 Å². The first-order valence-corrected chi connectivity index (χ1v) is 5.64. The van der Waals surface area contributed by atoms with Gasteiger partial charge in [0.15, 0.2) is 0 Å². The number of hydrogen-bond acceptors (Lipinski definition) is 3. The van der Waals surface area contributed by atoms with E-state index in [1.807, 2.05) is 17.9 Å². The van der Waals surface area contributed by atoms with Crippen molar-refractivity contribution in [3.05, 3.63) is 18.0 Å². The van der Waals surface area contributed by atoms with Gasteiger partial charge in [0, 0.05) is 31.4 Å². The van der Waals surface area contributed by atoms with Crippen LogP contribution in [0.1, 0.15) is 18.4 Å². The van der Waals surface area contributed by atoms with E-state index in [4.69, 9.17) is 0 Å². The van der Waals surface area contributed by atoms with Gasteiger partial charge in [-0.3, -0.25) is 9.58 Å². The molecule has 4 nitrogen and oxygen atoms in total. The number of piperidine rings is 1. The van der Waals surface area contributed by atoms with Crippen molar-refractivity contribution >= 4 is 0 Å². The van der Waals surface area contributed by atoms with Gasteiger partial charge in [0.05, 0.1) is 6.20 Å². The van der Waals surface area contributed by atoms with Gasteiger partial charge in [0.2, 0.25) is 0 Å². The monoisotopic (exact) mass is 208 g/mol. The minimum Gasteiger partial charge on any atom is -0.317 e. The Bertz CT molecular complexity index is 301. The molecule has 84 valence electrons. The standard InChI is InChI=1S/C11H20N4/c1-14(11-3-5-12-6-4-11)8-10-7-13-15(2)9-10/h7,9,11-12H,3-6,8H2,1-2H3. The first kappa shape index (κ1) is 10.6. The molecular weight excluding hydrogens is 188 g/mol. The largest absolute Gasteiger partial charge is 0.317 e. The molecule has 2 heterocycles. The summed E-state index contributed by atoms with van der Waals surface area (Å²) in [5, 5.41) is 7.59. The quantitative estimate of drug-likeness (QED) is 0.790. The zero-order valence-corrected chi connectivity index (χ0v) is 9.61. The van der Waals surface area contributed by atoms with E-state index in [-0.39, 0.29) is 0 Å². The van der Waals surface area contributed by atoms with E-state index in [1.54, 1.807) is 0 Å². The summed E-state index contributed by atoms with van der Waals surface area (Å²) in [6.07, 6.45) is 6.57. The molecule has 15 heavy (non-hydrogen) atoms. The number of aryl methyl sites for hydroxylation is 1. The summed E-state index contributed by atoms with van der Waals surface area (Å²) in [4.78, 5) is 2.44. The summed E-state index contributed by atoms with van der Waals surface area (Å²) in [6, 6.07) is 0.728. The predicted molar refractivity (Wildman–Crippen MR) is 60.6 cm³/mol. The van der Waals surface area contributed by atoms with Crippen LogP contribution in [-0.2, 0) is 13.6 Å². The lowest BCUT2D eigenvalue weighted by Crippen LogP contribution is -2.40. The van der Waals surface area contributed by atoms with E-state index in [2.05, 4.69) is 28.6 Å². The fraction of sp³-hybridized carbons (Fsp3) is 0.727. The Balaban J connectivity index is 1.88. The average Bonchev–Trinajstić information content (AvgIpc) is 2.65. The molecule has 1 fully saturated rings. The normalized spacial score (nSPS) is 18.6. The Morgan fingerprint density at radius 3 is 2.87 bits per heavy atom. The molecule has 0 amide bonds. The summed E-state index contributed by atoms with van der Waals surface area (Å²) in [6.45, 7) is 3.32. The minimum absolute atomic E-state index is 0.728. The highest BCUT2D eigenvalue weighted by atomic mass is 15.2. The van der Waals surface area contributed by atoms with Crippen molar-refractivity contribution in [2.24, 2.45) is 7.05 Å². The molecule has 0 atom stereocenters. The molecule has 1 aromatic heterocycles. The summed E-state index contributed by atoms with van der Waals surface area (Å²) in [5.74, 6) is 0. The molecule has 0 aliphatic carbocycles. The van der Waals surface area contributed by atoms with E-state index >= 15 is 0 Å². The molecule has 0 spiro atoms. The lowest BCUT2D eigenvalue weighted by atomic mass is 10.1. The summed E-state index contributed by atoms with van der Waals surface area (Å²) >= 11 is 0. The maximum atomic E-state index is 4.19. The van der Waals surface area contributed by atoms with Crippen molar-refractivity contribution in [2.45, 2.75) is 25.4 Å². The number of aromatic nitrogens is 2. The number of nitrogens with zero attached hydrogens (tertiary/aromatic N) is 3. The van der Waals surface area contributed by atoms with E-state index < -0.39 is 0 Å². The summed E-state index contributed by atoms with van der Waals surface area (Å²) in [5.41, 5.74) is 1.30. The molecule has 1 saturated heterocycles. The number of rotatable bonds is 3. The molecule has 4 heteroatoms. The van der Waals surface area contributed by atoms with Gasteiger partial charge < -0.3 is 5.32 Å². The lowest BCUT2D eigenvalue weighted by Gasteiger charge is -2.31. The highest BCUT2D eigenvalue weighted by Gasteiger charge is 2.17. The fourth-order valence-corrected chi connectivity index (χ4v) is 2.22. The van der Waals surface area contributed by atoms with Gasteiger partial charge in [-0.05, 0) is 33.0 Å². The molecule has 2 rings (SSSR count). The van der Waals surface area contributed by atoms with E-state index in [1.165, 1.54) is 18.4 Å². The van der Waals surface area contributed by atoms with Crippen LogP contribution in [0.4, 0.5) is 0 Å². The van der Waals surface area contributed by atoms with Gasteiger partial charge in [-0.15, -0.1) is 0 Å². The third-order valence-corrected chi connectivity index (χ3v) is 3.12. The molecule has 1 aliphatic heterocycles. The Kier molecular flexibility index (Phi) is 3.38. The van der Waals surface area contributed by atoms with Crippen LogP contribution in [-0.4, -0.2) is 40.9 Å². The van der Waals surface area contributed by atoms with Gasteiger partial charge in [0.1, 0.15) is 0 Å². The topological polar surface area (TPSA) is 33.1 Å². The van der Waals surface area contributed by atoms with Gasteiger partial charge in [-0.1, -0.05) is 0 Å². The van der Waals surface area contributed by atoms with Crippen LogP contribution in [0.3, 0.4) is 0 Å². The average molecular weight is 208 g/mol. The number of hydrogen-bond donors (Lipinski definition) is 1. The lowest BCUT2D eigenvalue weighted by molar-refractivity contribution is 0.192. The molecule has 0 aromatic carbocycles. The second kappa shape index (κ2) is 4.77. The molecule has 0 unspecified atom stereocenters. The Labute approximate surface area is 91.3 Å². The molecule has 0 saturated carbocycles. The highest BCUT2D eigenvalue weighted by molar-refractivity contribution is 5.03. The summed E-state index contributed by atoms with van der Waals surface area (Å²) in [7, 11) is 4.18. The van der Waals surface area contributed by atoms with E-state index in [9.17, 15) is 0 Å². The molecule has 0 bridgehead atoms. The second-order valence-electron chi connectivity index (χ2n) is 4.42. The third kappa shape index (κ3) is 2.79. The Morgan fingerprint density at radius 1 is 1.53 bits per heavy atom. The van der Waals surface area contributed by atoms with Crippen molar-refractivity contribution in [1.29, 1.82) is 0 Å². The maximum Gasteiger partial charge on any atom is 0.0534 e. The predicted octanol–water partition coefficient (Wildman–Crippen LogP) is 0.604. The zero-order valence-electron chi connectivity index (χ0n) is 9.61. The molecule has 1 aromatic rings. The van der Waals surface area contributed by atoms with Gasteiger partial charge in [-0.25, -0.2) is 0 Å². The van der Waals surface area contributed by atoms with Crippen LogP contribution in [0.5, 0.6) is 0 Å². The highest BCUT2D eigenvalue weighted by Crippen LogP contribution is 2.12. The number of nitrogens with one attached hydrogen (secondary N) is 1. The first-order valence-electron chi connectivity index (χ1n) is 5.64. The fourth-order valence-electron chi connectivity index (χ4n) is 2.22. The Morgan fingerprint density at radius 2 is 2.27 bits per heavy atom. The minimum atomic E-state index is 0.728. The van der Waals surface area contributed by atoms with Crippen LogP contribution >= 0.6 is 0 Å². The maximum absolute atomic E-state index is 4.19. The van der Waals surface area contributed by atoms with Crippen LogP contribution in [0.2, 0.25) is 0 Å². The SMILES string of the molecule is CN(Cc1cnn(C)c1)C1CCNCC1. The smallest absolute Gasteiger partial charge is 0.0534 e. The molecule has 0 radical (unpaired) electrons. The molecular formula is C11H20N4. The second-order valence-corrected chi connectivity index (χ2v) is 4.42. The van der Waals surface area contributed by atoms with Crippen molar-refractivity contribution < 1.29 is 0 Å². The zero-order chi connectivity index (χ0) is 10.7. The Hall–Kier alpha value is -0.870. The van der Waals surface area contributed by atoms with Gasteiger partial charge >= 0.3 is 0 Å². The van der Waals surface area contributed by atoms with E-state index in [0.29, 0.717) is 0 Å². The van der Waals surface area contributed by atoms with Crippen molar-refractivity contribution in [3.8, 4) is 0 Å². The van der Waals surface area contributed by atoms with Crippen LogP contribution in [0, 0.1) is 0 Å². The van der Waals surface area contributed by atoms with Crippen LogP contribution < -0.4 is 5.32 Å². The van der Waals surface area contributed by atoms with Crippen LogP contribution in [0.15, 0.2) is 12.4 Å². The van der Waals surface area contributed by atoms with Crippen molar-refractivity contribution in [1.82, 2.24) is 20.0 Å². The molecule has 1 N–H and O–H groups in total. The van der Waals surface area contributed by atoms with Gasteiger partial charge in [-0.2, -0.15) is 5.10 Å². The third-order valence-electron chi connectivity index (χ3n) is 3.12.